The fraction of sp³-hybridized carbons (Fsp3) is 0.500. The summed E-state index contributed by atoms with van der Waals surface area (Å²) in [5.74, 6) is 0.143. The summed E-state index contributed by atoms with van der Waals surface area (Å²) in [6, 6.07) is 4.84. The van der Waals surface area contributed by atoms with Crippen LogP contribution in [0.2, 0.25) is 0 Å². The number of benzene rings is 1. The van der Waals surface area contributed by atoms with E-state index in [0.717, 1.165) is 5.56 Å². The van der Waals surface area contributed by atoms with Crippen LogP contribution in [-0.4, -0.2) is 16.8 Å². The Balaban J connectivity index is 3.17. The van der Waals surface area contributed by atoms with Gasteiger partial charge in [0.25, 0.3) is 0 Å². The van der Waals surface area contributed by atoms with Crippen molar-refractivity contribution in [2.45, 2.75) is 32.2 Å². The van der Waals surface area contributed by atoms with E-state index in [9.17, 15) is 5.11 Å². The Labute approximate surface area is 90.5 Å². The minimum atomic E-state index is -0.521. The van der Waals surface area contributed by atoms with E-state index in [1.165, 1.54) is 0 Å². The van der Waals surface area contributed by atoms with Crippen LogP contribution in [0, 0.1) is 0 Å². The maximum absolute atomic E-state index is 9.61. The molecule has 3 heteroatoms. The van der Waals surface area contributed by atoms with E-state index in [0.29, 0.717) is 5.56 Å². The smallest absolute Gasteiger partial charge is 0.120 e. The highest BCUT2D eigenvalue weighted by Gasteiger charge is 2.17. The number of phenolic OH excluding ortho intramolecular Hbond substituents is 1. The molecule has 0 aliphatic heterocycles. The molecule has 0 unspecified atom stereocenters. The molecule has 0 saturated carbocycles. The van der Waals surface area contributed by atoms with Crippen LogP contribution >= 0.6 is 0 Å². The van der Waals surface area contributed by atoms with E-state index >= 15 is 0 Å². The molecule has 0 aromatic heterocycles. The van der Waals surface area contributed by atoms with Gasteiger partial charge >= 0.3 is 0 Å². The molecule has 3 nitrogen and oxygen atoms in total. The fourth-order valence-electron chi connectivity index (χ4n) is 1.42. The molecule has 0 bridgehead atoms. The molecule has 0 radical (unpaired) electrons. The summed E-state index contributed by atoms with van der Waals surface area (Å²) in [6.45, 7) is 6.11. The number of nitrogens with two attached hydrogens (primary N) is 1. The van der Waals surface area contributed by atoms with Gasteiger partial charge in [0.2, 0.25) is 0 Å². The summed E-state index contributed by atoms with van der Waals surface area (Å²) in [6.07, 6.45) is 0. The Kier molecular flexibility index (Phi) is 3.37. The lowest BCUT2D eigenvalue weighted by atomic mass is 9.85. The molecule has 0 fully saturated rings. The monoisotopic (exact) mass is 209 g/mol. The van der Waals surface area contributed by atoms with Crippen LogP contribution in [0.3, 0.4) is 0 Å². The van der Waals surface area contributed by atoms with Crippen molar-refractivity contribution in [1.29, 1.82) is 0 Å². The van der Waals surface area contributed by atoms with Gasteiger partial charge < -0.3 is 15.9 Å². The summed E-state index contributed by atoms with van der Waals surface area (Å²) < 4.78 is 0. The van der Waals surface area contributed by atoms with Gasteiger partial charge in [-0.3, -0.25) is 0 Å². The maximum Gasteiger partial charge on any atom is 0.120 e. The summed E-state index contributed by atoms with van der Waals surface area (Å²) in [5.41, 5.74) is 7.41. The van der Waals surface area contributed by atoms with Crippen molar-refractivity contribution in [3.05, 3.63) is 29.3 Å². The molecule has 1 rings (SSSR count). The quantitative estimate of drug-likeness (QED) is 0.694. The number of aromatic hydroxyl groups is 1. The minimum Gasteiger partial charge on any atom is -0.508 e. The molecular formula is C12H19NO2. The first-order chi connectivity index (χ1) is 6.86. The van der Waals surface area contributed by atoms with Crippen molar-refractivity contribution < 1.29 is 10.2 Å². The van der Waals surface area contributed by atoms with Crippen LogP contribution in [0.1, 0.15) is 37.9 Å². The topological polar surface area (TPSA) is 66.5 Å². The van der Waals surface area contributed by atoms with Crippen LogP contribution < -0.4 is 5.73 Å². The summed E-state index contributed by atoms with van der Waals surface area (Å²) in [7, 11) is 0. The molecule has 1 aromatic carbocycles. The molecule has 4 N–H and O–H groups in total. The van der Waals surface area contributed by atoms with Crippen LogP contribution in [0.5, 0.6) is 5.75 Å². The normalized spacial score (nSPS) is 13.9. The van der Waals surface area contributed by atoms with Crippen molar-refractivity contribution in [1.82, 2.24) is 0 Å². The molecule has 0 saturated heterocycles. The Morgan fingerprint density at radius 1 is 1.33 bits per heavy atom. The van der Waals surface area contributed by atoms with Gasteiger partial charge in [0, 0.05) is 5.56 Å². The highest BCUT2D eigenvalue weighted by atomic mass is 16.3. The zero-order chi connectivity index (χ0) is 11.6. The number of hydrogen-bond donors (Lipinski definition) is 3. The van der Waals surface area contributed by atoms with E-state index in [-0.39, 0.29) is 17.8 Å². The van der Waals surface area contributed by atoms with Crippen LogP contribution in [-0.2, 0) is 5.41 Å². The lowest BCUT2D eigenvalue weighted by Crippen LogP contribution is -2.17. The van der Waals surface area contributed by atoms with Gasteiger partial charge in [-0.25, -0.2) is 0 Å². The third-order valence-corrected chi connectivity index (χ3v) is 2.49. The van der Waals surface area contributed by atoms with Crippen molar-refractivity contribution in [3.63, 3.8) is 0 Å². The predicted molar refractivity (Wildman–Crippen MR) is 60.8 cm³/mol. The molecule has 0 amide bonds. The number of phenols is 1. The second-order valence-corrected chi connectivity index (χ2v) is 4.81. The van der Waals surface area contributed by atoms with Crippen LogP contribution in [0.15, 0.2) is 18.2 Å². The summed E-state index contributed by atoms with van der Waals surface area (Å²) in [4.78, 5) is 0. The van der Waals surface area contributed by atoms with E-state index in [1.807, 2.05) is 12.1 Å². The predicted octanol–water partition coefficient (Wildman–Crippen LogP) is 1.68. The van der Waals surface area contributed by atoms with Gasteiger partial charge in [0.05, 0.1) is 12.6 Å². The summed E-state index contributed by atoms with van der Waals surface area (Å²) >= 11 is 0. The minimum absolute atomic E-state index is 0.0115. The number of hydrogen-bond acceptors (Lipinski definition) is 3. The maximum atomic E-state index is 9.61. The number of rotatable bonds is 2. The highest BCUT2D eigenvalue weighted by molar-refractivity contribution is 5.40. The molecule has 1 atom stereocenters. The second-order valence-electron chi connectivity index (χ2n) is 4.81. The fourth-order valence-corrected chi connectivity index (χ4v) is 1.42. The van der Waals surface area contributed by atoms with Gasteiger partial charge in [-0.05, 0) is 23.1 Å². The van der Waals surface area contributed by atoms with Crippen molar-refractivity contribution >= 4 is 0 Å². The molecule has 0 heterocycles. The lowest BCUT2D eigenvalue weighted by molar-refractivity contribution is 0.265. The van der Waals surface area contributed by atoms with Gasteiger partial charge in [-0.1, -0.05) is 26.8 Å². The van der Waals surface area contributed by atoms with Gasteiger partial charge in [0.15, 0.2) is 0 Å². The first-order valence-corrected chi connectivity index (χ1v) is 5.06. The highest BCUT2D eigenvalue weighted by Crippen LogP contribution is 2.29. The van der Waals surface area contributed by atoms with Gasteiger partial charge in [-0.2, -0.15) is 0 Å². The zero-order valence-electron chi connectivity index (χ0n) is 9.49. The first-order valence-electron chi connectivity index (χ1n) is 5.06. The molecule has 84 valence electrons. The van der Waals surface area contributed by atoms with Crippen molar-refractivity contribution in [2.75, 3.05) is 6.61 Å². The Hall–Kier alpha value is -1.06. The Morgan fingerprint density at radius 3 is 2.40 bits per heavy atom. The molecule has 15 heavy (non-hydrogen) atoms. The van der Waals surface area contributed by atoms with E-state index in [2.05, 4.69) is 20.8 Å². The van der Waals surface area contributed by atoms with E-state index in [1.54, 1.807) is 6.07 Å². The number of aliphatic hydroxyl groups excluding tert-OH is 1. The number of aliphatic hydroxyl groups is 1. The lowest BCUT2D eigenvalue weighted by Gasteiger charge is -2.21. The molecular weight excluding hydrogens is 190 g/mol. The second kappa shape index (κ2) is 4.21. The van der Waals surface area contributed by atoms with Gasteiger partial charge in [0.1, 0.15) is 5.75 Å². The zero-order valence-corrected chi connectivity index (χ0v) is 9.49. The van der Waals surface area contributed by atoms with Crippen molar-refractivity contribution in [3.8, 4) is 5.75 Å². The average molecular weight is 209 g/mol. The van der Waals surface area contributed by atoms with Gasteiger partial charge in [-0.15, -0.1) is 0 Å². The molecule has 0 aliphatic carbocycles. The first kappa shape index (κ1) is 12.0. The Bertz CT molecular complexity index is 342. The average Bonchev–Trinajstić information content (AvgIpc) is 2.15. The summed E-state index contributed by atoms with van der Waals surface area (Å²) in [5, 5.41) is 18.6. The van der Waals surface area contributed by atoms with Crippen LogP contribution in [0.4, 0.5) is 0 Å². The standard InChI is InChI=1S/C12H19NO2/c1-12(2,3)8-4-5-11(15)9(6-8)10(13)7-14/h4-6,10,14-15H,7,13H2,1-3H3/t10-/m1/s1. The third kappa shape index (κ3) is 2.70. The van der Waals surface area contributed by atoms with E-state index < -0.39 is 6.04 Å². The van der Waals surface area contributed by atoms with Crippen molar-refractivity contribution in [2.24, 2.45) is 5.73 Å². The van der Waals surface area contributed by atoms with E-state index in [4.69, 9.17) is 10.8 Å². The molecule has 1 aromatic rings. The third-order valence-electron chi connectivity index (χ3n) is 2.49. The SMILES string of the molecule is CC(C)(C)c1ccc(O)c([C@H](N)CO)c1. The molecule has 0 aliphatic rings. The molecule has 0 spiro atoms. The Morgan fingerprint density at radius 2 is 1.93 bits per heavy atom. The van der Waals surface area contributed by atoms with Crippen LogP contribution in [0.25, 0.3) is 0 Å². The largest absolute Gasteiger partial charge is 0.508 e.